The average Bonchev–Trinajstić information content (AvgIpc) is 2.34. The van der Waals surface area contributed by atoms with Gasteiger partial charge in [0.2, 0.25) is 0 Å². The summed E-state index contributed by atoms with van der Waals surface area (Å²) >= 11 is 0. The van der Waals surface area contributed by atoms with Gasteiger partial charge in [-0.1, -0.05) is 27.8 Å². The quantitative estimate of drug-likeness (QED) is 0.860. The van der Waals surface area contributed by atoms with Crippen molar-refractivity contribution in [2.75, 3.05) is 26.4 Å². The molecule has 2 heterocycles. The molecule has 1 N–H and O–H groups in total. The number of rotatable bonds is 3. The fraction of sp³-hybridized carbons (Fsp3) is 0.688. The van der Waals surface area contributed by atoms with E-state index in [4.69, 9.17) is 0 Å². The maximum absolute atomic E-state index is 4.61. The zero-order valence-electron chi connectivity index (χ0n) is 12.7. The van der Waals surface area contributed by atoms with Crippen molar-refractivity contribution in [3.63, 3.8) is 0 Å². The second-order valence-corrected chi connectivity index (χ2v) is 8.29. The Morgan fingerprint density at radius 1 is 1.26 bits per heavy atom. The third kappa shape index (κ3) is 3.35. The Morgan fingerprint density at radius 3 is 2.37 bits per heavy atom. The number of aromatic nitrogens is 1. The van der Waals surface area contributed by atoms with Crippen LogP contribution in [-0.4, -0.2) is 31.4 Å². The van der Waals surface area contributed by atoms with Crippen molar-refractivity contribution in [3.8, 4) is 0 Å². The summed E-state index contributed by atoms with van der Waals surface area (Å²) in [6.07, 6.45) is 6.10. The van der Waals surface area contributed by atoms with Crippen molar-refractivity contribution in [1.82, 2.24) is 10.3 Å². The maximum atomic E-state index is 4.61. The number of hydrogen-bond acceptors (Lipinski definition) is 2. The molecule has 2 nitrogen and oxygen atoms in total. The van der Waals surface area contributed by atoms with Gasteiger partial charge in [0.25, 0.3) is 0 Å². The topological polar surface area (TPSA) is 24.9 Å². The normalized spacial score (nSPS) is 20.5. The van der Waals surface area contributed by atoms with Crippen LogP contribution in [0.5, 0.6) is 0 Å². The molecule has 0 aromatic carbocycles. The van der Waals surface area contributed by atoms with E-state index in [0.717, 1.165) is 5.92 Å². The Bertz CT molecular complexity index is 388. The van der Waals surface area contributed by atoms with Crippen molar-refractivity contribution in [3.05, 3.63) is 24.0 Å². The van der Waals surface area contributed by atoms with Crippen molar-refractivity contribution < 1.29 is 0 Å². The maximum Gasteiger partial charge on any atom is 0.0406 e. The van der Waals surface area contributed by atoms with Gasteiger partial charge in [-0.2, -0.15) is 0 Å². The molecule has 0 bridgehead atoms. The Balaban J connectivity index is 0.000000637. The highest BCUT2D eigenvalue weighted by Crippen LogP contribution is 2.49. The minimum absolute atomic E-state index is 0.00235. The SMILES string of the molecule is CC.CP(C)c1ccc(CC2CC3(CNC3)C2)nc1. The number of nitrogens with one attached hydrogen (secondary N) is 1. The minimum Gasteiger partial charge on any atom is -0.316 e. The smallest absolute Gasteiger partial charge is 0.0406 e. The van der Waals surface area contributed by atoms with Crippen LogP contribution in [0, 0.1) is 11.3 Å². The molecule has 1 aliphatic heterocycles. The van der Waals surface area contributed by atoms with Gasteiger partial charge in [0.05, 0.1) is 0 Å². The van der Waals surface area contributed by atoms with Crippen LogP contribution >= 0.6 is 7.92 Å². The lowest BCUT2D eigenvalue weighted by atomic mass is 9.57. The molecule has 1 saturated carbocycles. The van der Waals surface area contributed by atoms with Crippen molar-refractivity contribution in [1.29, 1.82) is 0 Å². The summed E-state index contributed by atoms with van der Waals surface area (Å²) in [5, 5.41) is 4.81. The molecule has 0 amide bonds. The molecule has 1 saturated heterocycles. The van der Waals surface area contributed by atoms with E-state index in [2.05, 4.69) is 42.0 Å². The zero-order chi connectivity index (χ0) is 13.9. The molecule has 1 aliphatic carbocycles. The molecule has 3 heteroatoms. The first kappa shape index (κ1) is 14.9. The molecule has 106 valence electrons. The summed E-state index contributed by atoms with van der Waals surface area (Å²) in [7, 11) is 0.00235. The summed E-state index contributed by atoms with van der Waals surface area (Å²) in [5.41, 5.74) is 1.99. The van der Waals surface area contributed by atoms with Crippen LogP contribution in [-0.2, 0) is 6.42 Å². The van der Waals surface area contributed by atoms with Crippen LogP contribution in [0.2, 0.25) is 0 Å². The Labute approximate surface area is 119 Å². The van der Waals surface area contributed by atoms with Crippen LogP contribution in [0.3, 0.4) is 0 Å². The molecular formula is C16H27N2P. The lowest BCUT2D eigenvalue weighted by Gasteiger charge is -2.54. The van der Waals surface area contributed by atoms with E-state index >= 15 is 0 Å². The fourth-order valence-electron chi connectivity index (χ4n) is 3.17. The van der Waals surface area contributed by atoms with Crippen molar-refractivity contribution >= 4 is 13.2 Å². The van der Waals surface area contributed by atoms with Crippen LogP contribution in [0.4, 0.5) is 0 Å². The Hall–Kier alpha value is -0.460. The molecule has 19 heavy (non-hydrogen) atoms. The average molecular weight is 278 g/mol. The van der Waals surface area contributed by atoms with E-state index in [-0.39, 0.29) is 7.92 Å². The van der Waals surface area contributed by atoms with E-state index in [1.165, 1.54) is 43.4 Å². The Kier molecular flexibility index (Phi) is 4.97. The van der Waals surface area contributed by atoms with E-state index in [0.29, 0.717) is 5.41 Å². The fourth-order valence-corrected chi connectivity index (χ4v) is 3.84. The standard InChI is InChI=1S/C14H21N2P.C2H6/c1-17(2)13-4-3-12(16-8-13)5-11-6-14(7-11)9-15-10-14;1-2/h3-4,8,11,15H,5-7,9-10H2,1-2H3;1-2H3. The molecule has 2 fully saturated rings. The van der Waals surface area contributed by atoms with E-state index in [9.17, 15) is 0 Å². The van der Waals surface area contributed by atoms with Gasteiger partial charge in [-0.05, 0) is 55.3 Å². The summed E-state index contributed by atoms with van der Waals surface area (Å²) < 4.78 is 0. The van der Waals surface area contributed by atoms with Gasteiger partial charge in [0, 0.05) is 25.0 Å². The van der Waals surface area contributed by atoms with Crippen LogP contribution in [0.15, 0.2) is 18.3 Å². The molecule has 3 rings (SSSR count). The minimum atomic E-state index is 0.00235. The van der Waals surface area contributed by atoms with E-state index in [1.807, 2.05) is 13.8 Å². The van der Waals surface area contributed by atoms with E-state index in [1.54, 1.807) is 0 Å². The number of nitrogens with zero attached hydrogens (tertiary/aromatic N) is 1. The third-order valence-corrected chi connectivity index (χ3v) is 5.56. The summed E-state index contributed by atoms with van der Waals surface area (Å²) in [6.45, 7) is 11.1. The first-order chi connectivity index (χ1) is 9.17. The second kappa shape index (κ2) is 6.33. The van der Waals surface area contributed by atoms with Gasteiger partial charge in [-0.25, -0.2) is 0 Å². The monoisotopic (exact) mass is 278 g/mol. The summed E-state index contributed by atoms with van der Waals surface area (Å²) in [6, 6.07) is 4.51. The first-order valence-electron chi connectivity index (χ1n) is 7.50. The van der Waals surface area contributed by atoms with Crippen molar-refractivity contribution in [2.24, 2.45) is 11.3 Å². The highest BCUT2D eigenvalue weighted by molar-refractivity contribution is 7.64. The number of pyridine rings is 1. The molecular weight excluding hydrogens is 251 g/mol. The lowest BCUT2D eigenvalue weighted by Crippen LogP contribution is -2.60. The third-order valence-electron chi connectivity index (χ3n) is 4.27. The molecule has 0 unspecified atom stereocenters. The van der Waals surface area contributed by atoms with Gasteiger partial charge in [0.1, 0.15) is 0 Å². The van der Waals surface area contributed by atoms with Crippen LogP contribution in [0.1, 0.15) is 32.4 Å². The largest absolute Gasteiger partial charge is 0.316 e. The van der Waals surface area contributed by atoms with Gasteiger partial charge in [0.15, 0.2) is 0 Å². The molecule has 1 spiro atoms. The molecule has 2 aliphatic rings. The predicted molar refractivity (Wildman–Crippen MR) is 85.7 cm³/mol. The first-order valence-corrected chi connectivity index (χ1v) is 9.73. The van der Waals surface area contributed by atoms with Gasteiger partial charge in [-0.15, -0.1) is 0 Å². The molecule has 0 atom stereocenters. The second-order valence-electron chi connectivity index (χ2n) is 5.98. The Morgan fingerprint density at radius 2 is 1.95 bits per heavy atom. The molecule has 1 aromatic rings. The van der Waals surface area contributed by atoms with Gasteiger partial charge < -0.3 is 5.32 Å². The lowest BCUT2D eigenvalue weighted by molar-refractivity contribution is 0.000494. The molecule has 0 radical (unpaired) electrons. The van der Waals surface area contributed by atoms with Crippen LogP contribution in [0.25, 0.3) is 0 Å². The highest BCUT2D eigenvalue weighted by Gasteiger charge is 2.47. The molecule has 1 aromatic heterocycles. The summed E-state index contributed by atoms with van der Waals surface area (Å²) in [5.74, 6) is 0.889. The summed E-state index contributed by atoms with van der Waals surface area (Å²) in [4.78, 5) is 4.61. The zero-order valence-corrected chi connectivity index (χ0v) is 13.6. The number of hydrogen-bond donors (Lipinski definition) is 1. The van der Waals surface area contributed by atoms with Crippen LogP contribution < -0.4 is 10.6 Å². The van der Waals surface area contributed by atoms with Gasteiger partial charge in [-0.3, -0.25) is 4.98 Å². The van der Waals surface area contributed by atoms with E-state index < -0.39 is 0 Å². The predicted octanol–water partition coefficient (Wildman–Crippen LogP) is 3.02. The highest BCUT2D eigenvalue weighted by atomic mass is 31.1. The van der Waals surface area contributed by atoms with Crippen molar-refractivity contribution in [2.45, 2.75) is 33.1 Å². The van der Waals surface area contributed by atoms with Gasteiger partial charge >= 0.3 is 0 Å².